The number of rotatable bonds is 5. The minimum absolute atomic E-state index is 0.326. The van der Waals surface area contributed by atoms with Crippen LogP contribution in [0.15, 0.2) is 40.2 Å². The van der Waals surface area contributed by atoms with Crippen molar-refractivity contribution in [1.29, 1.82) is 0 Å². The summed E-state index contributed by atoms with van der Waals surface area (Å²) in [7, 11) is 0. The summed E-state index contributed by atoms with van der Waals surface area (Å²) in [6, 6.07) is 7.55. The van der Waals surface area contributed by atoms with Gasteiger partial charge in [0.05, 0.1) is 5.69 Å². The Morgan fingerprint density at radius 1 is 1.30 bits per heavy atom. The number of ether oxygens (including phenoxy) is 1. The number of nitrogens with one attached hydrogen (secondary N) is 1. The lowest BCUT2D eigenvalue weighted by atomic mass is 10.2. The van der Waals surface area contributed by atoms with Gasteiger partial charge in [-0.1, -0.05) is 6.07 Å². The van der Waals surface area contributed by atoms with Crippen LogP contribution in [0.5, 0.6) is 0 Å². The number of carbonyl (C=O) groups excluding carboxylic acids is 2. The van der Waals surface area contributed by atoms with Gasteiger partial charge in [-0.05, 0) is 70.6 Å². The van der Waals surface area contributed by atoms with Crippen LogP contribution in [-0.2, 0) is 14.3 Å². The second kappa shape index (κ2) is 8.08. The lowest BCUT2D eigenvalue weighted by molar-refractivity contribution is -0.142. The van der Waals surface area contributed by atoms with Crippen molar-refractivity contribution < 1.29 is 14.3 Å². The number of aryl methyl sites for hydroxylation is 2. The number of thiophene rings is 1. The average Bonchev–Trinajstić information content (AvgIpc) is 2.91. The first-order valence-corrected chi connectivity index (χ1v) is 8.58. The monoisotopic (exact) mass is 393 g/mol. The first-order chi connectivity index (χ1) is 11.0. The third-order valence-electron chi connectivity index (χ3n) is 3.02. The van der Waals surface area contributed by atoms with E-state index in [1.807, 2.05) is 37.4 Å². The standard InChI is InChI=1S/C17H16BrNO3S/c1-11-3-4-14(13(18)9-11)19-16(20)10-22-17(21)6-5-15-12(2)7-8-23-15/h3-9H,10H2,1-2H3,(H,19,20)/b6-5+. The Labute approximate surface area is 147 Å². The molecule has 1 heterocycles. The number of anilines is 1. The summed E-state index contributed by atoms with van der Waals surface area (Å²) in [6.45, 7) is 3.60. The summed E-state index contributed by atoms with van der Waals surface area (Å²) >= 11 is 4.92. The summed E-state index contributed by atoms with van der Waals surface area (Å²) in [5.74, 6) is -0.931. The van der Waals surface area contributed by atoms with Gasteiger partial charge in [-0.25, -0.2) is 4.79 Å². The molecule has 0 saturated heterocycles. The number of amides is 1. The molecule has 1 N–H and O–H groups in total. The van der Waals surface area contributed by atoms with Crippen LogP contribution in [-0.4, -0.2) is 18.5 Å². The molecule has 6 heteroatoms. The number of hydrogen-bond acceptors (Lipinski definition) is 4. The van der Waals surface area contributed by atoms with E-state index in [0.29, 0.717) is 5.69 Å². The van der Waals surface area contributed by atoms with Gasteiger partial charge in [0, 0.05) is 15.4 Å². The van der Waals surface area contributed by atoms with Crippen molar-refractivity contribution in [1.82, 2.24) is 0 Å². The molecule has 120 valence electrons. The maximum Gasteiger partial charge on any atom is 0.331 e. The minimum Gasteiger partial charge on any atom is -0.452 e. The van der Waals surface area contributed by atoms with E-state index in [-0.39, 0.29) is 12.5 Å². The van der Waals surface area contributed by atoms with Crippen LogP contribution in [0.1, 0.15) is 16.0 Å². The summed E-state index contributed by atoms with van der Waals surface area (Å²) in [5.41, 5.74) is 2.82. The highest BCUT2D eigenvalue weighted by molar-refractivity contribution is 9.10. The molecule has 1 amide bonds. The molecule has 1 aromatic carbocycles. The third kappa shape index (κ3) is 5.33. The summed E-state index contributed by atoms with van der Waals surface area (Å²) in [4.78, 5) is 24.4. The Hall–Kier alpha value is -1.92. The first-order valence-electron chi connectivity index (χ1n) is 6.90. The number of halogens is 1. The van der Waals surface area contributed by atoms with Gasteiger partial charge in [0.15, 0.2) is 6.61 Å². The molecule has 0 bridgehead atoms. The Bertz CT molecular complexity index is 752. The van der Waals surface area contributed by atoms with Gasteiger partial charge in [0.25, 0.3) is 5.91 Å². The van der Waals surface area contributed by atoms with E-state index in [0.717, 1.165) is 20.5 Å². The molecule has 0 aliphatic rings. The van der Waals surface area contributed by atoms with Gasteiger partial charge < -0.3 is 10.1 Å². The normalized spacial score (nSPS) is 10.7. The van der Waals surface area contributed by atoms with Crippen molar-refractivity contribution in [2.75, 3.05) is 11.9 Å². The number of hydrogen-bond donors (Lipinski definition) is 1. The average molecular weight is 394 g/mol. The van der Waals surface area contributed by atoms with Gasteiger partial charge >= 0.3 is 5.97 Å². The molecule has 1 aromatic heterocycles. The van der Waals surface area contributed by atoms with Gasteiger partial charge in [-0.15, -0.1) is 11.3 Å². The van der Waals surface area contributed by atoms with Crippen molar-refractivity contribution in [3.05, 3.63) is 56.2 Å². The largest absolute Gasteiger partial charge is 0.452 e. The molecule has 0 spiro atoms. The van der Waals surface area contributed by atoms with Crippen LogP contribution in [0, 0.1) is 13.8 Å². The second-order valence-corrected chi connectivity index (χ2v) is 6.74. The molecule has 2 rings (SSSR count). The topological polar surface area (TPSA) is 55.4 Å². The van der Waals surface area contributed by atoms with Crippen LogP contribution in [0.4, 0.5) is 5.69 Å². The van der Waals surface area contributed by atoms with Crippen LogP contribution >= 0.6 is 27.3 Å². The van der Waals surface area contributed by atoms with Crippen LogP contribution < -0.4 is 5.32 Å². The van der Waals surface area contributed by atoms with Crippen LogP contribution in [0.25, 0.3) is 6.08 Å². The maximum atomic E-state index is 11.8. The Balaban J connectivity index is 1.83. The van der Waals surface area contributed by atoms with E-state index in [2.05, 4.69) is 21.2 Å². The zero-order chi connectivity index (χ0) is 16.8. The second-order valence-electron chi connectivity index (χ2n) is 4.94. The minimum atomic E-state index is -0.545. The Morgan fingerprint density at radius 3 is 2.74 bits per heavy atom. The molecular formula is C17H16BrNO3S. The number of benzene rings is 1. The molecule has 0 atom stereocenters. The molecule has 23 heavy (non-hydrogen) atoms. The fourth-order valence-corrected chi connectivity index (χ4v) is 3.20. The zero-order valence-corrected chi connectivity index (χ0v) is 15.2. The molecule has 0 aliphatic heterocycles. The quantitative estimate of drug-likeness (QED) is 0.607. The fourth-order valence-electron chi connectivity index (χ4n) is 1.79. The van der Waals surface area contributed by atoms with E-state index >= 15 is 0 Å². The number of esters is 1. The summed E-state index contributed by atoms with van der Waals surface area (Å²) in [5, 5.41) is 4.64. The Morgan fingerprint density at radius 2 is 2.09 bits per heavy atom. The molecule has 0 saturated carbocycles. The van der Waals surface area contributed by atoms with Crippen LogP contribution in [0.3, 0.4) is 0 Å². The van der Waals surface area contributed by atoms with E-state index in [1.165, 1.54) is 6.08 Å². The molecule has 0 fully saturated rings. The zero-order valence-electron chi connectivity index (χ0n) is 12.8. The van der Waals surface area contributed by atoms with Crippen molar-refractivity contribution in [2.45, 2.75) is 13.8 Å². The van der Waals surface area contributed by atoms with Gasteiger partial charge in [-0.2, -0.15) is 0 Å². The molecule has 4 nitrogen and oxygen atoms in total. The predicted octanol–water partition coefficient (Wildman–Crippen LogP) is 4.32. The Kier molecular flexibility index (Phi) is 6.12. The first kappa shape index (κ1) is 17.4. The third-order valence-corrected chi connectivity index (χ3v) is 4.66. The van der Waals surface area contributed by atoms with Gasteiger partial charge in [0.2, 0.25) is 0 Å². The van der Waals surface area contributed by atoms with Crippen molar-refractivity contribution in [3.8, 4) is 0 Å². The SMILES string of the molecule is Cc1ccc(NC(=O)COC(=O)/C=C/c2sccc2C)c(Br)c1. The molecule has 2 aromatic rings. The molecule has 0 unspecified atom stereocenters. The highest BCUT2D eigenvalue weighted by Gasteiger charge is 2.08. The van der Waals surface area contributed by atoms with Crippen molar-refractivity contribution in [2.24, 2.45) is 0 Å². The molecule has 0 aliphatic carbocycles. The van der Waals surface area contributed by atoms with Gasteiger partial charge in [-0.3, -0.25) is 4.79 Å². The van der Waals surface area contributed by atoms with Crippen LogP contribution in [0.2, 0.25) is 0 Å². The van der Waals surface area contributed by atoms with E-state index in [1.54, 1.807) is 23.5 Å². The predicted molar refractivity (Wildman–Crippen MR) is 96.6 cm³/mol. The maximum absolute atomic E-state index is 11.8. The van der Waals surface area contributed by atoms with Crippen molar-refractivity contribution in [3.63, 3.8) is 0 Å². The fraction of sp³-hybridized carbons (Fsp3) is 0.176. The smallest absolute Gasteiger partial charge is 0.331 e. The van der Waals surface area contributed by atoms with E-state index in [9.17, 15) is 9.59 Å². The van der Waals surface area contributed by atoms with Gasteiger partial charge in [0.1, 0.15) is 0 Å². The summed E-state index contributed by atoms with van der Waals surface area (Å²) < 4.78 is 5.71. The lowest BCUT2D eigenvalue weighted by Gasteiger charge is -2.08. The molecule has 0 radical (unpaired) electrons. The molecular weight excluding hydrogens is 378 g/mol. The summed E-state index contributed by atoms with van der Waals surface area (Å²) in [6.07, 6.45) is 3.02. The highest BCUT2D eigenvalue weighted by Crippen LogP contribution is 2.23. The van der Waals surface area contributed by atoms with E-state index in [4.69, 9.17) is 4.74 Å². The lowest BCUT2D eigenvalue weighted by Crippen LogP contribution is -2.20. The van der Waals surface area contributed by atoms with E-state index < -0.39 is 5.97 Å². The number of carbonyl (C=O) groups is 2. The van der Waals surface area contributed by atoms with Crippen molar-refractivity contribution >= 4 is 50.9 Å². The highest BCUT2D eigenvalue weighted by atomic mass is 79.9.